The lowest BCUT2D eigenvalue weighted by molar-refractivity contribution is -0.120. The second kappa shape index (κ2) is 9.52. The fourth-order valence-corrected chi connectivity index (χ4v) is 2.51. The quantitative estimate of drug-likeness (QED) is 0.704. The summed E-state index contributed by atoms with van der Waals surface area (Å²) < 4.78 is 0. The first-order chi connectivity index (χ1) is 9.65. The van der Waals surface area contributed by atoms with Crippen molar-refractivity contribution in [2.45, 2.75) is 25.7 Å². The molecule has 1 amide bonds. The molecule has 21 heavy (non-hydrogen) atoms. The highest BCUT2D eigenvalue weighted by molar-refractivity contribution is 6.35. The van der Waals surface area contributed by atoms with Gasteiger partial charge in [-0.05, 0) is 55.8 Å². The molecule has 0 spiro atoms. The zero-order chi connectivity index (χ0) is 14.4. The molecule has 0 radical (unpaired) electrons. The maximum atomic E-state index is 11.6. The number of amides is 1. The molecule has 1 aromatic carbocycles. The minimum absolute atomic E-state index is 0. The molecular weight excluding hydrogens is 331 g/mol. The van der Waals surface area contributed by atoms with E-state index in [0.717, 1.165) is 30.9 Å². The van der Waals surface area contributed by atoms with Crippen LogP contribution < -0.4 is 10.6 Å². The molecule has 1 aliphatic rings. The Morgan fingerprint density at radius 3 is 2.71 bits per heavy atom. The van der Waals surface area contributed by atoms with Gasteiger partial charge in [-0.2, -0.15) is 0 Å². The van der Waals surface area contributed by atoms with Crippen LogP contribution >= 0.6 is 35.6 Å². The van der Waals surface area contributed by atoms with Crippen LogP contribution in [0.4, 0.5) is 0 Å². The number of aryl methyl sites for hydroxylation is 1. The number of hydrogen-bond acceptors (Lipinski definition) is 2. The smallest absolute Gasteiger partial charge is 0.233 e. The molecule has 3 nitrogen and oxygen atoms in total. The first kappa shape index (κ1) is 18.6. The summed E-state index contributed by atoms with van der Waals surface area (Å²) in [7, 11) is 0. The number of rotatable bonds is 8. The average Bonchev–Trinajstić information content (AvgIpc) is 3.21. The molecule has 0 heterocycles. The molecule has 2 N–H and O–H groups in total. The second-order valence-corrected chi connectivity index (χ2v) is 6.11. The molecular formula is C15H21Cl3N2O. The van der Waals surface area contributed by atoms with Crippen LogP contribution in [-0.4, -0.2) is 25.5 Å². The molecule has 0 atom stereocenters. The van der Waals surface area contributed by atoms with Crippen molar-refractivity contribution in [3.05, 3.63) is 33.8 Å². The average molecular weight is 352 g/mol. The summed E-state index contributed by atoms with van der Waals surface area (Å²) >= 11 is 11.9. The maximum Gasteiger partial charge on any atom is 0.233 e. The van der Waals surface area contributed by atoms with Gasteiger partial charge >= 0.3 is 0 Å². The lowest BCUT2D eigenvalue weighted by Gasteiger charge is -2.07. The van der Waals surface area contributed by atoms with Gasteiger partial charge in [0.25, 0.3) is 0 Å². The first-order valence-electron chi connectivity index (χ1n) is 7.06. The van der Waals surface area contributed by atoms with Crippen molar-refractivity contribution in [2.24, 2.45) is 5.92 Å². The minimum Gasteiger partial charge on any atom is -0.355 e. The van der Waals surface area contributed by atoms with Crippen molar-refractivity contribution in [3.8, 4) is 0 Å². The number of nitrogens with one attached hydrogen (secondary N) is 2. The molecule has 0 unspecified atom stereocenters. The monoisotopic (exact) mass is 350 g/mol. The summed E-state index contributed by atoms with van der Waals surface area (Å²) in [6, 6.07) is 5.52. The van der Waals surface area contributed by atoms with Crippen LogP contribution in [0.5, 0.6) is 0 Å². The van der Waals surface area contributed by atoms with E-state index in [4.69, 9.17) is 23.2 Å². The van der Waals surface area contributed by atoms with Crippen molar-refractivity contribution in [1.82, 2.24) is 10.6 Å². The van der Waals surface area contributed by atoms with E-state index in [2.05, 4.69) is 10.6 Å². The van der Waals surface area contributed by atoms with Gasteiger partial charge in [-0.1, -0.05) is 29.3 Å². The summed E-state index contributed by atoms with van der Waals surface area (Å²) in [4.78, 5) is 11.6. The first-order valence-corrected chi connectivity index (χ1v) is 7.82. The Balaban J connectivity index is 0.00000220. The van der Waals surface area contributed by atoms with E-state index in [0.29, 0.717) is 23.1 Å². The SMILES string of the molecule is Cl.O=C(CNCC1CC1)NCCCc1ccc(Cl)cc1Cl. The molecule has 1 saturated carbocycles. The molecule has 0 saturated heterocycles. The van der Waals surface area contributed by atoms with E-state index >= 15 is 0 Å². The molecule has 0 bridgehead atoms. The van der Waals surface area contributed by atoms with Gasteiger partial charge in [-0.25, -0.2) is 0 Å². The molecule has 118 valence electrons. The highest BCUT2D eigenvalue weighted by Gasteiger charge is 2.20. The van der Waals surface area contributed by atoms with Gasteiger partial charge in [0.15, 0.2) is 0 Å². The van der Waals surface area contributed by atoms with Crippen molar-refractivity contribution in [1.29, 1.82) is 0 Å². The van der Waals surface area contributed by atoms with Crippen LogP contribution in [0.25, 0.3) is 0 Å². The third-order valence-electron chi connectivity index (χ3n) is 3.38. The van der Waals surface area contributed by atoms with E-state index in [1.807, 2.05) is 12.1 Å². The molecule has 1 fully saturated rings. The predicted octanol–water partition coefficient (Wildman–Crippen LogP) is 3.46. The normalized spacial score (nSPS) is 13.6. The van der Waals surface area contributed by atoms with E-state index in [9.17, 15) is 4.79 Å². The fraction of sp³-hybridized carbons (Fsp3) is 0.533. The Morgan fingerprint density at radius 1 is 1.29 bits per heavy atom. The third-order valence-corrected chi connectivity index (χ3v) is 3.96. The predicted molar refractivity (Wildman–Crippen MR) is 90.6 cm³/mol. The lowest BCUT2D eigenvalue weighted by Crippen LogP contribution is -2.35. The Labute approximate surface area is 142 Å². The molecule has 2 rings (SSSR count). The molecule has 1 aromatic rings. The summed E-state index contributed by atoms with van der Waals surface area (Å²) in [5.74, 6) is 0.864. The highest BCUT2D eigenvalue weighted by Crippen LogP contribution is 2.27. The topological polar surface area (TPSA) is 41.1 Å². The van der Waals surface area contributed by atoms with E-state index in [1.165, 1.54) is 12.8 Å². The van der Waals surface area contributed by atoms with Gasteiger partial charge in [0, 0.05) is 16.6 Å². The molecule has 0 aliphatic heterocycles. The second-order valence-electron chi connectivity index (χ2n) is 5.26. The summed E-state index contributed by atoms with van der Waals surface area (Å²) in [6.07, 6.45) is 4.31. The van der Waals surface area contributed by atoms with Gasteiger partial charge in [0.1, 0.15) is 0 Å². The van der Waals surface area contributed by atoms with Crippen LogP contribution in [0.15, 0.2) is 18.2 Å². The Bertz CT molecular complexity index is 464. The number of carbonyl (C=O) groups is 1. The lowest BCUT2D eigenvalue weighted by atomic mass is 10.1. The summed E-state index contributed by atoms with van der Waals surface area (Å²) in [5.41, 5.74) is 1.07. The van der Waals surface area contributed by atoms with Crippen molar-refractivity contribution in [2.75, 3.05) is 19.6 Å². The molecule has 1 aliphatic carbocycles. The standard InChI is InChI=1S/C15H20Cl2N2O.ClH/c16-13-6-5-12(14(17)8-13)2-1-7-19-15(20)10-18-9-11-3-4-11;/h5-6,8,11,18H,1-4,7,9-10H2,(H,19,20);1H. The van der Waals surface area contributed by atoms with Gasteiger partial charge in [0.2, 0.25) is 5.91 Å². The van der Waals surface area contributed by atoms with E-state index < -0.39 is 0 Å². The Morgan fingerprint density at radius 2 is 2.05 bits per heavy atom. The van der Waals surface area contributed by atoms with Crippen LogP contribution in [0, 0.1) is 5.92 Å². The molecule has 6 heteroatoms. The number of halogens is 3. The van der Waals surface area contributed by atoms with Crippen LogP contribution in [0.1, 0.15) is 24.8 Å². The van der Waals surface area contributed by atoms with Gasteiger partial charge in [-0.15, -0.1) is 12.4 Å². The van der Waals surface area contributed by atoms with Gasteiger partial charge in [0.05, 0.1) is 6.54 Å². The van der Waals surface area contributed by atoms with Gasteiger partial charge in [-0.3, -0.25) is 4.79 Å². The van der Waals surface area contributed by atoms with Crippen LogP contribution in [0.3, 0.4) is 0 Å². The zero-order valence-corrected chi connectivity index (χ0v) is 14.2. The summed E-state index contributed by atoms with van der Waals surface area (Å²) in [6.45, 7) is 2.05. The highest BCUT2D eigenvalue weighted by atomic mass is 35.5. The number of hydrogen-bond donors (Lipinski definition) is 2. The zero-order valence-electron chi connectivity index (χ0n) is 11.8. The van der Waals surface area contributed by atoms with Crippen molar-refractivity contribution >= 4 is 41.5 Å². The van der Waals surface area contributed by atoms with Crippen LogP contribution in [0.2, 0.25) is 10.0 Å². The third kappa shape index (κ3) is 7.37. The van der Waals surface area contributed by atoms with Gasteiger partial charge < -0.3 is 10.6 Å². The Hall–Kier alpha value is -0.480. The van der Waals surface area contributed by atoms with Crippen molar-refractivity contribution in [3.63, 3.8) is 0 Å². The Kier molecular flexibility index (Phi) is 8.42. The molecule has 0 aromatic heterocycles. The summed E-state index contributed by atoms with van der Waals surface area (Å²) in [5, 5.41) is 7.42. The minimum atomic E-state index is 0. The van der Waals surface area contributed by atoms with E-state index in [1.54, 1.807) is 6.07 Å². The number of carbonyl (C=O) groups excluding carboxylic acids is 1. The fourth-order valence-electron chi connectivity index (χ4n) is 2.01. The van der Waals surface area contributed by atoms with Crippen LogP contribution in [-0.2, 0) is 11.2 Å². The number of benzene rings is 1. The van der Waals surface area contributed by atoms with E-state index in [-0.39, 0.29) is 18.3 Å². The van der Waals surface area contributed by atoms with Crippen molar-refractivity contribution < 1.29 is 4.79 Å². The maximum absolute atomic E-state index is 11.6. The largest absolute Gasteiger partial charge is 0.355 e.